The van der Waals surface area contributed by atoms with Gasteiger partial charge in [-0.1, -0.05) is 147 Å². The van der Waals surface area contributed by atoms with E-state index >= 15 is 28.8 Å². The number of hydrogen-bond donors (Lipinski definition) is 12. The fraction of sp³-hybridized carbons (Fsp3) is 0.649. The maximum absolute atomic E-state index is 15.5. The van der Waals surface area contributed by atoms with E-state index in [9.17, 15) is 39.0 Å². The molecule has 0 aliphatic carbocycles. The molecule has 574 valence electrons. The highest BCUT2D eigenvalue weighted by molar-refractivity contribution is 6.01. The number of carbonyl (C=O) groups excluding carboxylic acids is 12. The van der Waals surface area contributed by atoms with Crippen molar-refractivity contribution < 1.29 is 77.2 Å². The second-order valence-electron chi connectivity index (χ2n) is 30.0. The van der Waals surface area contributed by atoms with Crippen molar-refractivity contribution in [2.24, 2.45) is 47.3 Å². The molecule has 15 atom stereocenters. The molecule has 0 saturated carbocycles. The lowest BCUT2D eigenvalue weighted by molar-refractivity contribution is -0.158. The molecular formula is C74H117N13O16. The predicted molar refractivity (Wildman–Crippen MR) is 388 cm³/mol. The third-order valence-corrected chi connectivity index (χ3v) is 18.8. The standard InChI is InChI=1S/C74H117N13O16/c1-35(2)32-48-63(90)79-56(40(11)12)72(99)87(22)61(42(15)16)73(100)86(21)49(33-46-34-76-47-30-27-31-50(102-23)51(46)47)64(91)77-53(37(5)6)67(94)84-60(62(89)45-28-25-24-26-29-45)70(97)81-57(41(13)14)74(101)103-44(18)59(83-66(93)54(38(7)8)78-65(92)52(75-19)36(3)4)69(96)82-58(43(17)88)68(95)80-55(39(9)10)71(98)85(48)20/h24-31,34-44,48-49,52-62,75-76,88-89H,32-33H2,1-23H3,(H,77,91)(H,78,92)(H,79,90)(H,80,95)(H,81,97)(H,82,96)(H,83,93)(H,84,94)/t43-,44-,48?,49?,52+,53+,54+,55+,56+,57+,58?,59?,60?,61+,62?/m1/s1. The number of carbonyl (C=O) groups is 12. The summed E-state index contributed by atoms with van der Waals surface area (Å²) in [7, 11) is 7.20. The van der Waals surface area contributed by atoms with Crippen LogP contribution in [0.3, 0.4) is 0 Å². The molecule has 1 saturated heterocycles. The van der Waals surface area contributed by atoms with Crippen LogP contribution in [0.1, 0.15) is 148 Å². The Bertz CT molecular complexity index is 3430. The van der Waals surface area contributed by atoms with Gasteiger partial charge in [0.05, 0.1) is 19.3 Å². The van der Waals surface area contributed by atoms with Gasteiger partial charge in [0.2, 0.25) is 65.0 Å². The Labute approximate surface area is 606 Å². The van der Waals surface area contributed by atoms with Gasteiger partial charge in [0.1, 0.15) is 84.4 Å². The number of aromatic nitrogens is 1. The summed E-state index contributed by atoms with van der Waals surface area (Å²) in [6.45, 7) is 29.2. The van der Waals surface area contributed by atoms with Crippen LogP contribution >= 0.6 is 0 Å². The number of ether oxygens (including phenoxy) is 2. The van der Waals surface area contributed by atoms with Crippen molar-refractivity contribution in [3.8, 4) is 5.75 Å². The van der Waals surface area contributed by atoms with Crippen molar-refractivity contribution in [1.29, 1.82) is 0 Å². The average molecular weight is 1440 g/mol. The number of cyclic esters (lactones) is 1. The zero-order valence-corrected chi connectivity index (χ0v) is 64.3. The second kappa shape index (κ2) is 38.7. The van der Waals surface area contributed by atoms with Gasteiger partial charge < -0.3 is 87.2 Å². The number of aliphatic hydroxyl groups excluding tert-OH is 2. The summed E-state index contributed by atoms with van der Waals surface area (Å²) in [4.78, 5) is 186. The zero-order valence-electron chi connectivity index (χ0n) is 64.3. The fourth-order valence-electron chi connectivity index (χ4n) is 12.6. The van der Waals surface area contributed by atoms with Gasteiger partial charge in [-0.3, -0.25) is 52.7 Å². The molecule has 1 aliphatic heterocycles. The first-order valence-electron chi connectivity index (χ1n) is 35.7. The van der Waals surface area contributed by atoms with Gasteiger partial charge in [0, 0.05) is 44.7 Å². The van der Waals surface area contributed by atoms with E-state index in [1.807, 2.05) is 13.8 Å². The van der Waals surface area contributed by atoms with Crippen LogP contribution in [0.4, 0.5) is 0 Å². The number of nitrogens with zero attached hydrogens (tertiary/aromatic N) is 3. The molecule has 1 aromatic heterocycles. The lowest BCUT2D eigenvalue weighted by Gasteiger charge is -2.39. The first kappa shape index (κ1) is 86.7. The summed E-state index contributed by atoms with van der Waals surface area (Å²) in [5.74, 6) is -15.2. The number of fused-ring (bicyclic) bond motifs is 1. The van der Waals surface area contributed by atoms with Crippen LogP contribution in [0.5, 0.6) is 5.75 Å². The smallest absolute Gasteiger partial charge is 0.329 e. The van der Waals surface area contributed by atoms with Crippen LogP contribution in [0.25, 0.3) is 10.9 Å². The molecule has 1 fully saturated rings. The summed E-state index contributed by atoms with van der Waals surface area (Å²) >= 11 is 0. The van der Waals surface area contributed by atoms with Crippen molar-refractivity contribution in [3.63, 3.8) is 0 Å². The second-order valence-corrected chi connectivity index (χ2v) is 30.0. The van der Waals surface area contributed by atoms with Gasteiger partial charge in [-0.2, -0.15) is 0 Å². The van der Waals surface area contributed by atoms with E-state index in [-0.39, 0.29) is 30.2 Å². The Morgan fingerprint density at radius 2 is 1.01 bits per heavy atom. The van der Waals surface area contributed by atoms with Crippen molar-refractivity contribution in [2.45, 2.75) is 228 Å². The van der Waals surface area contributed by atoms with E-state index in [0.29, 0.717) is 22.2 Å². The molecule has 29 nitrogen and oxygen atoms in total. The zero-order chi connectivity index (χ0) is 78.1. The number of H-pyrrole nitrogens is 1. The van der Waals surface area contributed by atoms with E-state index in [1.165, 1.54) is 77.9 Å². The molecule has 3 aromatic rings. The SMILES string of the molecule is CN[C@H](C(=O)N[C@H](C(=O)NC1C(=O)NC([C@@H](C)O)C(=O)N[C@@H](C(C)C)C(=O)N(C)C(CC(C)C)C(=O)N[C@@H](C(C)C)C(=O)N(C)[C@@H](C(C)C)C(=O)N(C)C(Cc2c[nH]c3cccc(OC)c23)C(=O)N[C@@H](C(C)C)C(=O)NC(C(O)c2ccccc2)C(=O)N[C@@H](C(C)C)C(=O)O[C@@H]1C)C(C)C)C(C)C. The molecule has 2 aromatic carbocycles. The summed E-state index contributed by atoms with van der Waals surface area (Å²) in [6.07, 6.45) is -3.78. The Hall–Kier alpha value is -8.70. The monoisotopic (exact) mass is 1440 g/mol. The van der Waals surface area contributed by atoms with Gasteiger partial charge >= 0.3 is 5.97 Å². The Morgan fingerprint density at radius 1 is 0.534 bits per heavy atom. The van der Waals surface area contributed by atoms with E-state index in [2.05, 4.69) is 52.8 Å². The molecule has 6 unspecified atom stereocenters. The van der Waals surface area contributed by atoms with Crippen molar-refractivity contribution in [3.05, 3.63) is 65.9 Å². The molecule has 0 bridgehead atoms. The van der Waals surface area contributed by atoms with Crippen molar-refractivity contribution in [1.82, 2.24) is 67.5 Å². The van der Waals surface area contributed by atoms with Gasteiger partial charge in [-0.15, -0.1) is 0 Å². The minimum Gasteiger partial charge on any atom is -0.496 e. The van der Waals surface area contributed by atoms with Crippen LogP contribution in [0.2, 0.25) is 0 Å². The molecule has 0 radical (unpaired) electrons. The highest BCUT2D eigenvalue weighted by atomic mass is 16.5. The molecular weight excluding hydrogens is 1330 g/mol. The molecule has 0 spiro atoms. The lowest BCUT2D eigenvalue weighted by Crippen LogP contribution is -2.64. The molecule has 4 rings (SSSR count). The third kappa shape index (κ3) is 22.4. The largest absolute Gasteiger partial charge is 0.496 e. The van der Waals surface area contributed by atoms with E-state index in [4.69, 9.17) is 9.47 Å². The molecule has 12 N–H and O–H groups in total. The number of rotatable bonds is 20. The minimum absolute atomic E-state index is 0.0442. The maximum atomic E-state index is 15.5. The number of hydrogen-bond acceptors (Lipinski definition) is 17. The summed E-state index contributed by atoms with van der Waals surface area (Å²) in [6, 6.07) is -4.83. The molecule has 2 heterocycles. The Balaban J connectivity index is 2.04. The lowest BCUT2D eigenvalue weighted by atomic mass is 9.94. The quantitative estimate of drug-likeness (QED) is 0.0723. The topological polar surface area (TPSA) is 398 Å². The third-order valence-electron chi connectivity index (χ3n) is 18.8. The van der Waals surface area contributed by atoms with Crippen molar-refractivity contribution in [2.75, 3.05) is 35.3 Å². The van der Waals surface area contributed by atoms with E-state index in [0.717, 1.165) is 4.90 Å². The normalized spacial score (nSPS) is 24.9. The number of amides is 11. The average Bonchev–Trinajstić information content (AvgIpc) is 1.82. The van der Waals surface area contributed by atoms with Gasteiger partial charge in [-0.05, 0) is 97.9 Å². The number of benzene rings is 2. The Morgan fingerprint density at radius 3 is 1.51 bits per heavy atom. The Kier molecular flexibility index (Phi) is 32.6. The van der Waals surface area contributed by atoms with Gasteiger partial charge in [-0.25, -0.2) is 4.79 Å². The molecule has 11 amide bonds. The van der Waals surface area contributed by atoms with Crippen molar-refractivity contribution >= 4 is 81.9 Å². The highest BCUT2D eigenvalue weighted by Gasteiger charge is 2.46. The number of aromatic amines is 1. The van der Waals surface area contributed by atoms with Crippen LogP contribution in [0.15, 0.2) is 54.7 Å². The summed E-state index contributed by atoms with van der Waals surface area (Å²) < 4.78 is 11.8. The molecule has 103 heavy (non-hydrogen) atoms. The van der Waals surface area contributed by atoms with Gasteiger partial charge in [0.15, 0.2) is 0 Å². The van der Waals surface area contributed by atoms with Crippen LogP contribution in [-0.4, -0.2) is 221 Å². The highest BCUT2D eigenvalue weighted by Crippen LogP contribution is 2.31. The minimum atomic E-state index is -1.96. The number of nitrogens with one attached hydrogen (secondary N) is 10. The number of esters is 1. The maximum Gasteiger partial charge on any atom is 0.329 e. The molecule has 29 heteroatoms. The molecule has 1 aliphatic rings. The number of methoxy groups -OCH3 is 1. The van der Waals surface area contributed by atoms with E-state index in [1.54, 1.807) is 133 Å². The first-order valence-corrected chi connectivity index (χ1v) is 35.7. The number of likely N-dealkylation sites (N-methyl/N-ethyl adjacent to an activating group) is 4. The van der Waals surface area contributed by atoms with Crippen LogP contribution < -0.4 is 52.6 Å². The summed E-state index contributed by atoms with van der Waals surface area (Å²) in [5, 5.41) is 48.4. The van der Waals surface area contributed by atoms with Gasteiger partial charge in [0.25, 0.3) is 0 Å². The first-order chi connectivity index (χ1) is 48.0. The van der Waals surface area contributed by atoms with Crippen LogP contribution in [0, 0.1) is 47.3 Å². The summed E-state index contributed by atoms with van der Waals surface area (Å²) in [5.41, 5.74) is 1.30. The van der Waals surface area contributed by atoms with E-state index < -0.39 is 197 Å². The van der Waals surface area contributed by atoms with Crippen LogP contribution in [-0.2, 0) is 68.7 Å². The predicted octanol–water partition coefficient (Wildman–Crippen LogP) is 2.36. The fourth-order valence-corrected chi connectivity index (χ4v) is 12.6. The number of aliphatic hydroxyl groups is 2.